The van der Waals surface area contributed by atoms with Crippen LogP contribution in [-0.4, -0.2) is 9.97 Å². The Morgan fingerprint density at radius 2 is 1.31 bits per heavy atom. The number of aromatic nitrogens is 2. The number of benzene rings is 3. The van der Waals surface area contributed by atoms with Gasteiger partial charge < -0.3 is 0 Å². The fraction of sp³-hybridized carbons (Fsp3) is 0.294. The first-order chi connectivity index (χ1) is 17.7. The van der Waals surface area contributed by atoms with Crippen LogP contribution in [0.3, 0.4) is 0 Å². The van der Waals surface area contributed by atoms with E-state index in [1.807, 2.05) is 0 Å². The minimum Gasteiger partial charge on any atom is -0.251 e. The Bertz CT molecular complexity index is 1560. The van der Waals surface area contributed by atoms with Gasteiger partial charge in [0.15, 0.2) is 0 Å². The Morgan fingerprint density at radius 1 is 0.667 bits per heavy atom. The van der Waals surface area contributed by atoms with Gasteiger partial charge in [-0.25, -0.2) is 0 Å². The van der Waals surface area contributed by atoms with Gasteiger partial charge in [0, 0.05) is 22.2 Å². The molecule has 0 aliphatic heterocycles. The lowest BCUT2D eigenvalue weighted by Crippen LogP contribution is -2.14. The maximum absolute atomic E-state index is 5.29. The SMILES string of the molecule is Cc1cc(-c2ccccc2)c2ccc3c(-c4ccc(C5CCC5)cc4)cc(CC4CCC4)nc3c2n1. The highest BCUT2D eigenvalue weighted by molar-refractivity contribution is 6.12. The first kappa shape index (κ1) is 21.7. The van der Waals surface area contributed by atoms with Crippen LogP contribution in [-0.2, 0) is 6.42 Å². The predicted molar refractivity (Wildman–Crippen MR) is 150 cm³/mol. The summed E-state index contributed by atoms with van der Waals surface area (Å²) in [6.07, 6.45) is 9.13. The molecule has 0 radical (unpaired) electrons. The first-order valence-corrected chi connectivity index (χ1v) is 13.6. The maximum Gasteiger partial charge on any atom is 0.0974 e. The topological polar surface area (TPSA) is 25.8 Å². The highest BCUT2D eigenvalue weighted by Gasteiger charge is 2.22. The molecule has 0 amide bonds. The molecule has 2 saturated carbocycles. The van der Waals surface area contributed by atoms with Crippen molar-refractivity contribution < 1.29 is 0 Å². The van der Waals surface area contributed by atoms with E-state index in [0.29, 0.717) is 0 Å². The molecule has 178 valence electrons. The molecule has 2 nitrogen and oxygen atoms in total. The average Bonchev–Trinajstić information content (AvgIpc) is 2.85. The third-order valence-corrected chi connectivity index (χ3v) is 8.54. The minimum atomic E-state index is 0.759. The smallest absolute Gasteiger partial charge is 0.0974 e. The number of rotatable bonds is 5. The van der Waals surface area contributed by atoms with Crippen LogP contribution < -0.4 is 0 Å². The molecule has 0 unspecified atom stereocenters. The summed E-state index contributed by atoms with van der Waals surface area (Å²) in [5.74, 6) is 1.53. The molecular formula is C34H32N2. The minimum absolute atomic E-state index is 0.759. The fourth-order valence-electron chi connectivity index (χ4n) is 6.03. The molecule has 2 aliphatic rings. The number of fused-ring (bicyclic) bond motifs is 3. The molecular weight excluding hydrogens is 436 g/mol. The Labute approximate surface area is 213 Å². The highest BCUT2D eigenvalue weighted by Crippen LogP contribution is 2.40. The van der Waals surface area contributed by atoms with E-state index in [2.05, 4.69) is 85.8 Å². The zero-order valence-electron chi connectivity index (χ0n) is 21.0. The molecule has 2 heterocycles. The fourth-order valence-corrected chi connectivity index (χ4v) is 6.03. The largest absolute Gasteiger partial charge is 0.251 e. The van der Waals surface area contributed by atoms with Gasteiger partial charge in [-0.1, -0.05) is 92.4 Å². The number of hydrogen-bond donors (Lipinski definition) is 0. The summed E-state index contributed by atoms with van der Waals surface area (Å²) >= 11 is 0. The van der Waals surface area contributed by atoms with Crippen molar-refractivity contribution >= 4 is 21.8 Å². The van der Waals surface area contributed by atoms with E-state index in [9.17, 15) is 0 Å². The standard InChI is InChI=1S/C34H32N2/c1-22-19-31(26-9-3-2-4-10-26)29-17-18-30-32(27-15-13-25(14-16-27)24-11-6-12-24)21-28(20-23-7-5-8-23)36-34(30)33(29)35-22/h2-4,9-10,13-19,21,23-24H,5-8,11-12,20H2,1H3. The maximum atomic E-state index is 5.29. The third kappa shape index (κ3) is 3.80. The van der Waals surface area contributed by atoms with E-state index in [4.69, 9.17) is 9.97 Å². The molecule has 0 bridgehead atoms. The van der Waals surface area contributed by atoms with Gasteiger partial charge >= 0.3 is 0 Å². The average molecular weight is 469 g/mol. The molecule has 0 saturated heterocycles. The molecule has 0 atom stereocenters. The lowest BCUT2D eigenvalue weighted by molar-refractivity contribution is 0.312. The van der Waals surface area contributed by atoms with Crippen molar-refractivity contribution in [2.45, 2.75) is 57.8 Å². The van der Waals surface area contributed by atoms with Gasteiger partial charge in [-0.15, -0.1) is 0 Å². The normalized spacial score (nSPS) is 16.2. The summed E-state index contributed by atoms with van der Waals surface area (Å²) in [6.45, 7) is 2.10. The van der Waals surface area contributed by atoms with Crippen molar-refractivity contribution in [3.63, 3.8) is 0 Å². The zero-order chi connectivity index (χ0) is 24.1. The van der Waals surface area contributed by atoms with E-state index in [-0.39, 0.29) is 0 Å². The Hall–Kier alpha value is -3.52. The van der Waals surface area contributed by atoms with Gasteiger partial charge in [0.25, 0.3) is 0 Å². The van der Waals surface area contributed by atoms with Crippen LogP contribution in [0, 0.1) is 12.8 Å². The van der Waals surface area contributed by atoms with E-state index in [1.54, 1.807) is 0 Å². The van der Waals surface area contributed by atoms with Crippen LogP contribution in [0.15, 0.2) is 78.9 Å². The molecule has 2 aliphatic carbocycles. The van der Waals surface area contributed by atoms with Crippen molar-refractivity contribution in [2.24, 2.45) is 5.92 Å². The van der Waals surface area contributed by atoms with Crippen molar-refractivity contribution in [1.82, 2.24) is 9.97 Å². The number of hydrogen-bond acceptors (Lipinski definition) is 2. The summed E-state index contributed by atoms with van der Waals surface area (Å²) in [5, 5.41) is 2.38. The van der Waals surface area contributed by atoms with E-state index in [0.717, 1.165) is 35.0 Å². The second kappa shape index (κ2) is 8.85. The Kier molecular flexibility index (Phi) is 5.34. The van der Waals surface area contributed by atoms with Crippen molar-refractivity contribution in [3.05, 3.63) is 95.8 Å². The molecule has 36 heavy (non-hydrogen) atoms. The molecule has 2 heteroatoms. The molecule has 3 aromatic carbocycles. The van der Waals surface area contributed by atoms with Gasteiger partial charge in [0.2, 0.25) is 0 Å². The van der Waals surface area contributed by atoms with Gasteiger partial charge in [0.05, 0.1) is 11.0 Å². The zero-order valence-corrected chi connectivity index (χ0v) is 21.0. The van der Waals surface area contributed by atoms with E-state index in [1.165, 1.54) is 82.8 Å². The second-order valence-electron chi connectivity index (χ2n) is 10.9. The monoisotopic (exact) mass is 468 g/mol. The van der Waals surface area contributed by atoms with Gasteiger partial charge in [0.1, 0.15) is 0 Å². The molecule has 0 N–H and O–H groups in total. The quantitative estimate of drug-likeness (QED) is 0.240. The van der Waals surface area contributed by atoms with Gasteiger partial charge in [-0.2, -0.15) is 0 Å². The summed E-state index contributed by atoms with van der Waals surface area (Å²) in [5.41, 5.74) is 10.8. The van der Waals surface area contributed by atoms with Crippen LogP contribution >= 0.6 is 0 Å². The van der Waals surface area contributed by atoms with E-state index < -0.39 is 0 Å². The van der Waals surface area contributed by atoms with Crippen molar-refractivity contribution in [1.29, 1.82) is 0 Å². The van der Waals surface area contributed by atoms with Gasteiger partial charge in [-0.05, 0) is 78.0 Å². The van der Waals surface area contributed by atoms with Crippen molar-refractivity contribution in [2.75, 3.05) is 0 Å². The molecule has 7 rings (SSSR count). The third-order valence-electron chi connectivity index (χ3n) is 8.54. The highest BCUT2D eigenvalue weighted by atomic mass is 14.8. The van der Waals surface area contributed by atoms with Crippen LogP contribution in [0.25, 0.3) is 44.1 Å². The lowest BCUT2D eigenvalue weighted by atomic mass is 9.79. The van der Waals surface area contributed by atoms with Crippen LogP contribution in [0.5, 0.6) is 0 Å². The molecule has 2 fully saturated rings. The predicted octanol–water partition coefficient (Wildman–Crippen LogP) is 9.04. The first-order valence-electron chi connectivity index (χ1n) is 13.6. The molecule has 2 aromatic heterocycles. The molecule has 5 aromatic rings. The Morgan fingerprint density at radius 3 is 1.94 bits per heavy atom. The summed E-state index contributed by atoms with van der Waals surface area (Å²) in [6, 6.07) is 29.1. The van der Waals surface area contributed by atoms with E-state index >= 15 is 0 Å². The summed E-state index contributed by atoms with van der Waals surface area (Å²) in [7, 11) is 0. The summed E-state index contributed by atoms with van der Waals surface area (Å²) < 4.78 is 0. The number of nitrogens with zero attached hydrogens (tertiary/aromatic N) is 2. The van der Waals surface area contributed by atoms with Crippen LogP contribution in [0.2, 0.25) is 0 Å². The molecule has 0 spiro atoms. The second-order valence-corrected chi connectivity index (χ2v) is 10.9. The Balaban J connectivity index is 1.44. The van der Waals surface area contributed by atoms with Crippen LogP contribution in [0.1, 0.15) is 61.4 Å². The number of aryl methyl sites for hydroxylation is 1. The van der Waals surface area contributed by atoms with Crippen LogP contribution in [0.4, 0.5) is 0 Å². The summed E-state index contributed by atoms with van der Waals surface area (Å²) in [4.78, 5) is 10.4. The van der Waals surface area contributed by atoms with Crippen molar-refractivity contribution in [3.8, 4) is 22.3 Å². The lowest BCUT2D eigenvalue weighted by Gasteiger charge is -2.26. The van der Waals surface area contributed by atoms with Gasteiger partial charge in [-0.3, -0.25) is 9.97 Å². The number of pyridine rings is 2.